The van der Waals surface area contributed by atoms with Crippen molar-refractivity contribution in [1.29, 1.82) is 0 Å². The van der Waals surface area contributed by atoms with Crippen molar-refractivity contribution in [2.75, 3.05) is 5.32 Å². The largest absolute Gasteiger partial charge is 0.481 e. The van der Waals surface area contributed by atoms with Crippen LogP contribution in [0.3, 0.4) is 0 Å². The molecule has 9 nitrogen and oxygen atoms in total. The van der Waals surface area contributed by atoms with Gasteiger partial charge < -0.3 is 10.4 Å². The minimum Gasteiger partial charge on any atom is -0.481 e. The van der Waals surface area contributed by atoms with Crippen LogP contribution in [0.25, 0.3) is 16.1 Å². The zero-order chi connectivity index (χ0) is 23.4. The van der Waals surface area contributed by atoms with E-state index in [1.54, 1.807) is 0 Å². The molecule has 3 heterocycles. The standard InChI is InChI=1S/C22H19ClFN7O2S/c23-14-8-25-12-6-5-11(18(12)27-14)20-29-19(13-7-26-31-34-13)16(24)21(30-20)28-17-10-3-1-9(2-4-10)15(17)22(32)33/h5,7-10,15,17H,1-4,6H2,(H,32,33)(H,28,29,30)/t9?,10?,15-,17-/m0/s1. The van der Waals surface area contributed by atoms with Gasteiger partial charge in [0.05, 0.1) is 34.6 Å². The number of hydrogen-bond donors (Lipinski definition) is 2. The quantitative estimate of drug-likeness (QED) is 0.537. The highest BCUT2D eigenvalue weighted by Crippen LogP contribution is 2.46. The van der Waals surface area contributed by atoms with Crippen LogP contribution in [0, 0.1) is 23.6 Å². The zero-order valence-corrected chi connectivity index (χ0v) is 19.4. The van der Waals surface area contributed by atoms with Crippen molar-refractivity contribution in [3.8, 4) is 10.6 Å². The Kier molecular flexibility index (Phi) is 5.25. The molecule has 174 valence electrons. The van der Waals surface area contributed by atoms with Crippen molar-refractivity contribution in [2.45, 2.75) is 38.1 Å². The van der Waals surface area contributed by atoms with Crippen molar-refractivity contribution in [3.05, 3.63) is 46.7 Å². The normalized spacial score (nSPS) is 25.2. The minimum absolute atomic E-state index is 0.0264. The summed E-state index contributed by atoms with van der Waals surface area (Å²) >= 11 is 7.09. The predicted octanol–water partition coefficient (Wildman–Crippen LogP) is 3.87. The molecule has 2 atom stereocenters. The third kappa shape index (κ3) is 3.54. The molecule has 2 bridgehead atoms. The molecule has 4 aliphatic carbocycles. The van der Waals surface area contributed by atoms with Gasteiger partial charge in [0.2, 0.25) is 0 Å². The molecule has 0 aliphatic heterocycles. The first kappa shape index (κ1) is 21.5. The highest BCUT2D eigenvalue weighted by Gasteiger charge is 2.47. The van der Waals surface area contributed by atoms with Crippen molar-refractivity contribution < 1.29 is 14.3 Å². The minimum atomic E-state index is -0.856. The molecule has 7 rings (SSSR count). The highest BCUT2D eigenvalue weighted by atomic mass is 35.5. The summed E-state index contributed by atoms with van der Waals surface area (Å²) in [7, 11) is 0. The lowest BCUT2D eigenvalue weighted by Crippen LogP contribution is -2.51. The molecular weight excluding hydrogens is 481 g/mol. The number of aliphatic carboxylic acids is 1. The number of rotatable bonds is 5. The van der Waals surface area contributed by atoms with Crippen LogP contribution in [0.1, 0.15) is 42.9 Å². The number of carboxylic acids is 1. The molecular formula is C22H19ClFN7O2S. The summed E-state index contributed by atoms with van der Waals surface area (Å²) in [5.74, 6) is -1.64. The number of allylic oxidation sites excluding steroid dienone is 1. The summed E-state index contributed by atoms with van der Waals surface area (Å²) in [5.41, 5.74) is 1.95. The molecule has 2 N–H and O–H groups in total. The van der Waals surface area contributed by atoms with Crippen LogP contribution in [0.2, 0.25) is 5.15 Å². The van der Waals surface area contributed by atoms with E-state index in [2.05, 4.69) is 34.8 Å². The second kappa shape index (κ2) is 8.31. The van der Waals surface area contributed by atoms with Crippen LogP contribution in [-0.4, -0.2) is 46.6 Å². The Bertz CT molecular complexity index is 1310. The number of nitrogens with one attached hydrogen (secondary N) is 1. The van der Waals surface area contributed by atoms with Crippen LogP contribution in [0.5, 0.6) is 0 Å². The van der Waals surface area contributed by atoms with Crippen LogP contribution >= 0.6 is 23.1 Å². The van der Waals surface area contributed by atoms with Crippen molar-refractivity contribution in [3.63, 3.8) is 0 Å². The Morgan fingerprint density at radius 3 is 2.65 bits per heavy atom. The maximum absolute atomic E-state index is 15.7. The maximum Gasteiger partial charge on any atom is 0.308 e. The maximum atomic E-state index is 15.7. The first-order valence-electron chi connectivity index (χ1n) is 11.1. The summed E-state index contributed by atoms with van der Waals surface area (Å²) in [5, 5.41) is 17.2. The predicted molar refractivity (Wildman–Crippen MR) is 123 cm³/mol. The smallest absolute Gasteiger partial charge is 0.308 e. The number of halogens is 2. The van der Waals surface area contributed by atoms with Crippen LogP contribution in [-0.2, 0) is 11.2 Å². The van der Waals surface area contributed by atoms with Crippen molar-refractivity contribution >= 4 is 40.5 Å². The number of fused-ring (bicyclic) bond motifs is 4. The molecule has 12 heteroatoms. The van der Waals surface area contributed by atoms with E-state index >= 15 is 4.39 Å². The Morgan fingerprint density at radius 2 is 1.91 bits per heavy atom. The first-order chi connectivity index (χ1) is 16.5. The first-order valence-corrected chi connectivity index (χ1v) is 12.2. The number of carboxylic acid groups (broad SMARTS) is 1. The lowest BCUT2D eigenvalue weighted by atomic mass is 9.61. The average Bonchev–Trinajstić information content (AvgIpc) is 3.51. The van der Waals surface area contributed by atoms with Gasteiger partial charge in [-0.15, -0.1) is 5.10 Å². The Balaban J connectivity index is 1.45. The molecule has 3 saturated carbocycles. The zero-order valence-electron chi connectivity index (χ0n) is 17.8. The van der Waals surface area contributed by atoms with E-state index in [0.29, 0.717) is 22.6 Å². The third-order valence-electron chi connectivity index (χ3n) is 7.07. The van der Waals surface area contributed by atoms with Crippen LogP contribution < -0.4 is 5.32 Å². The second-order valence-electron chi connectivity index (χ2n) is 8.86. The molecule has 4 aliphatic rings. The van der Waals surface area contributed by atoms with Gasteiger partial charge in [0, 0.05) is 18.0 Å². The van der Waals surface area contributed by atoms with E-state index in [-0.39, 0.29) is 34.3 Å². The fourth-order valence-electron chi connectivity index (χ4n) is 5.52. The Morgan fingerprint density at radius 1 is 1.12 bits per heavy atom. The number of anilines is 1. The molecule has 0 spiro atoms. The molecule has 0 aromatic carbocycles. The van der Waals surface area contributed by atoms with Gasteiger partial charge in [-0.1, -0.05) is 22.2 Å². The van der Waals surface area contributed by atoms with Crippen LogP contribution in [0.15, 0.2) is 18.5 Å². The summed E-state index contributed by atoms with van der Waals surface area (Å²) in [6.07, 6.45) is 8.96. The molecule has 0 unspecified atom stereocenters. The molecule has 0 radical (unpaired) electrons. The topological polar surface area (TPSA) is 127 Å². The summed E-state index contributed by atoms with van der Waals surface area (Å²) in [6.45, 7) is 0. The van der Waals surface area contributed by atoms with E-state index in [4.69, 9.17) is 11.6 Å². The van der Waals surface area contributed by atoms with Gasteiger partial charge in [-0.05, 0) is 49.1 Å². The van der Waals surface area contributed by atoms with Gasteiger partial charge in [0.1, 0.15) is 10.8 Å². The monoisotopic (exact) mass is 499 g/mol. The summed E-state index contributed by atoms with van der Waals surface area (Å²) in [6, 6.07) is -0.409. The fraction of sp³-hybridized carbons (Fsp3) is 0.409. The molecule has 0 amide bonds. The lowest BCUT2D eigenvalue weighted by Gasteiger charge is -2.47. The second-order valence-corrected chi connectivity index (χ2v) is 10.0. The van der Waals surface area contributed by atoms with E-state index in [0.717, 1.165) is 42.9 Å². The SMILES string of the molecule is O=C(O)[C@H]1C2CCC(CC2)[C@@H]1Nc1nc(C2=CCc3ncc(Cl)nc32)nc(-c2cnns2)c1F. The lowest BCUT2D eigenvalue weighted by molar-refractivity contribution is -0.148. The Labute approximate surface area is 202 Å². The van der Waals surface area contributed by atoms with Gasteiger partial charge in [0.15, 0.2) is 17.5 Å². The van der Waals surface area contributed by atoms with Crippen molar-refractivity contribution in [1.82, 2.24) is 29.5 Å². The van der Waals surface area contributed by atoms with Gasteiger partial charge in [-0.3, -0.25) is 9.78 Å². The fourth-order valence-corrected chi connectivity index (χ4v) is 6.15. The highest BCUT2D eigenvalue weighted by molar-refractivity contribution is 7.09. The van der Waals surface area contributed by atoms with Gasteiger partial charge in [-0.25, -0.2) is 19.3 Å². The van der Waals surface area contributed by atoms with E-state index in [1.165, 1.54) is 12.4 Å². The van der Waals surface area contributed by atoms with Crippen molar-refractivity contribution in [2.24, 2.45) is 17.8 Å². The summed E-state index contributed by atoms with van der Waals surface area (Å²) in [4.78, 5) is 30.3. The number of hydrogen-bond acceptors (Lipinski definition) is 9. The van der Waals surface area contributed by atoms with Gasteiger partial charge in [-0.2, -0.15) is 0 Å². The van der Waals surface area contributed by atoms with E-state index < -0.39 is 23.7 Å². The third-order valence-corrected chi connectivity index (χ3v) is 7.92. The number of nitrogens with zero attached hydrogens (tertiary/aromatic N) is 6. The molecule has 3 aromatic heterocycles. The average molecular weight is 500 g/mol. The number of carbonyl (C=O) groups is 1. The van der Waals surface area contributed by atoms with Crippen LogP contribution in [0.4, 0.5) is 10.2 Å². The summed E-state index contributed by atoms with van der Waals surface area (Å²) < 4.78 is 19.6. The van der Waals surface area contributed by atoms with E-state index in [9.17, 15) is 9.90 Å². The molecule has 0 saturated heterocycles. The number of aromatic nitrogens is 6. The van der Waals surface area contributed by atoms with E-state index in [1.807, 2.05) is 6.08 Å². The van der Waals surface area contributed by atoms with Gasteiger partial charge >= 0.3 is 5.97 Å². The Hall–Kier alpha value is -3.05. The van der Waals surface area contributed by atoms with Gasteiger partial charge in [0.25, 0.3) is 0 Å². The molecule has 34 heavy (non-hydrogen) atoms. The molecule has 3 aromatic rings. The molecule has 3 fully saturated rings.